The van der Waals surface area contributed by atoms with Crippen LogP contribution in [0.4, 0.5) is 0 Å². The van der Waals surface area contributed by atoms with E-state index in [4.69, 9.17) is 16.9 Å². The van der Waals surface area contributed by atoms with E-state index < -0.39 is 15.8 Å². The molecular formula is C14H8N2O4S. The van der Waals surface area contributed by atoms with E-state index in [-0.39, 0.29) is 32.2 Å². The van der Waals surface area contributed by atoms with Gasteiger partial charge in [-0.3, -0.25) is 0 Å². The second kappa shape index (κ2) is 4.89. The molecule has 0 atom stereocenters. The van der Waals surface area contributed by atoms with Crippen molar-refractivity contribution in [2.75, 3.05) is 0 Å². The van der Waals surface area contributed by atoms with Crippen LogP contribution < -0.4 is 0 Å². The van der Waals surface area contributed by atoms with Gasteiger partial charge in [-0.1, -0.05) is 6.08 Å². The molecule has 21 heavy (non-hydrogen) atoms. The number of hydrogen-bond acceptors (Lipinski definition) is 4. The SMILES string of the molecule is [C-]#[N+]/C(C#N)=C1\C(=CC)S(=O)(=O)c2ccc(C(=O)O)cc21. The molecule has 1 heterocycles. The second-order valence-corrected chi connectivity index (χ2v) is 6.01. The molecule has 1 aliphatic heterocycles. The summed E-state index contributed by atoms with van der Waals surface area (Å²) in [4.78, 5) is 13.8. The van der Waals surface area contributed by atoms with Crippen LogP contribution in [0.2, 0.25) is 0 Å². The lowest BCUT2D eigenvalue weighted by atomic mass is 10.0. The van der Waals surface area contributed by atoms with Crippen molar-refractivity contribution in [3.63, 3.8) is 0 Å². The van der Waals surface area contributed by atoms with Crippen LogP contribution in [-0.4, -0.2) is 19.5 Å². The van der Waals surface area contributed by atoms with Crippen molar-refractivity contribution in [2.45, 2.75) is 11.8 Å². The highest BCUT2D eigenvalue weighted by molar-refractivity contribution is 7.96. The Morgan fingerprint density at radius 3 is 2.62 bits per heavy atom. The fourth-order valence-electron chi connectivity index (χ4n) is 2.16. The van der Waals surface area contributed by atoms with Crippen LogP contribution in [0.1, 0.15) is 22.8 Å². The zero-order chi connectivity index (χ0) is 15.8. The molecule has 1 aromatic rings. The summed E-state index contributed by atoms with van der Waals surface area (Å²) in [7, 11) is -3.84. The van der Waals surface area contributed by atoms with Gasteiger partial charge in [0, 0.05) is 5.57 Å². The van der Waals surface area contributed by atoms with E-state index >= 15 is 0 Å². The Balaban J connectivity index is 2.99. The highest BCUT2D eigenvalue weighted by Crippen LogP contribution is 2.45. The summed E-state index contributed by atoms with van der Waals surface area (Å²) in [5.41, 5.74) is -0.447. The van der Waals surface area contributed by atoms with Gasteiger partial charge in [-0.05, 0) is 30.7 Å². The summed E-state index contributed by atoms with van der Waals surface area (Å²) in [6.45, 7) is 8.49. The van der Waals surface area contributed by atoms with Crippen molar-refractivity contribution >= 4 is 21.4 Å². The van der Waals surface area contributed by atoms with E-state index in [2.05, 4.69) is 4.85 Å². The van der Waals surface area contributed by atoms with Crippen molar-refractivity contribution in [1.82, 2.24) is 0 Å². The molecule has 0 spiro atoms. The summed E-state index contributed by atoms with van der Waals surface area (Å²) >= 11 is 0. The monoisotopic (exact) mass is 300 g/mol. The van der Waals surface area contributed by atoms with Gasteiger partial charge < -0.3 is 5.11 Å². The number of nitrogens with zero attached hydrogens (tertiary/aromatic N) is 2. The number of carbonyl (C=O) groups is 1. The van der Waals surface area contributed by atoms with E-state index in [1.54, 1.807) is 6.07 Å². The highest BCUT2D eigenvalue weighted by Gasteiger charge is 2.37. The highest BCUT2D eigenvalue weighted by atomic mass is 32.2. The Hall–Kier alpha value is -2.90. The Morgan fingerprint density at radius 2 is 2.14 bits per heavy atom. The maximum atomic E-state index is 12.4. The molecular weight excluding hydrogens is 292 g/mol. The van der Waals surface area contributed by atoms with Gasteiger partial charge in [0.1, 0.15) is 0 Å². The van der Waals surface area contributed by atoms with Crippen LogP contribution in [0, 0.1) is 17.9 Å². The third-order valence-corrected chi connectivity index (χ3v) is 4.99. The normalized spacial score (nSPS) is 19.5. The number of carboxylic acid groups (broad SMARTS) is 1. The summed E-state index contributed by atoms with van der Waals surface area (Å²) in [5.74, 6) is -1.22. The molecule has 0 saturated carbocycles. The van der Waals surface area contributed by atoms with Crippen molar-refractivity contribution in [1.29, 1.82) is 5.26 Å². The minimum atomic E-state index is -3.84. The van der Waals surface area contributed by atoms with E-state index in [0.717, 1.165) is 0 Å². The van der Waals surface area contributed by atoms with Gasteiger partial charge in [0.2, 0.25) is 9.84 Å². The average Bonchev–Trinajstić information content (AvgIpc) is 2.68. The van der Waals surface area contributed by atoms with Gasteiger partial charge in [-0.2, -0.15) is 0 Å². The van der Waals surface area contributed by atoms with Crippen molar-refractivity contribution in [3.8, 4) is 6.07 Å². The number of allylic oxidation sites excluding steroid dienone is 3. The maximum Gasteiger partial charge on any atom is 0.335 e. The third kappa shape index (κ3) is 2.00. The Kier molecular flexibility index (Phi) is 3.38. The summed E-state index contributed by atoms with van der Waals surface area (Å²) in [6.07, 6.45) is 1.30. The first-order valence-corrected chi connectivity index (χ1v) is 7.18. The molecule has 2 rings (SSSR count). The quantitative estimate of drug-likeness (QED) is 0.633. The summed E-state index contributed by atoms with van der Waals surface area (Å²) in [5, 5.41) is 18.0. The van der Waals surface area contributed by atoms with E-state index in [0.29, 0.717) is 0 Å². The van der Waals surface area contributed by atoms with Crippen LogP contribution in [0.15, 0.2) is 39.8 Å². The van der Waals surface area contributed by atoms with Crippen LogP contribution in [-0.2, 0) is 9.84 Å². The van der Waals surface area contributed by atoms with E-state index in [1.165, 1.54) is 31.2 Å². The van der Waals surface area contributed by atoms with Gasteiger partial charge >= 0.3 is 5.97 Å². The Labute approximate surface area is 121 Å². The Morgan fingerprint density at radius 1 is 1.48 bits per heavy atom. The van der Waals surface area contributed by atoms with E-state index in [1.807, 2.05) is 0 Å². The molecule has 7 heteroatoms. The van der Waals surface area contributed by atoms with E-state index in [9.17, 15) is 13.2 Å². The summed E-state index contributed by atoms with van der Waals surface area (Å²) in [6, 6.07) is 5.19. The number of benzene rings is 1. The van der Waals surface area contributed by atoms with Gasteiger partial charge in [0.15, 0.2) is 0 Å². The molecule has 0 bridgehead atoms. The topological polar surface area (TPSA) is 99.6 Å². The van der Waals surface area contributed by atoms with Crippen LogP contribution in [0.25, 0.3) is 10.4 Å². The molecule has 1 aliphatic rings. The maximum absolute atomic E-state index is 12.4. The number of aromatic carboxylic acids is 1. The lowest BCUT2D eigenvalue weighted by Gasteiger charge is -2.01. The fraction of sp³-hybridized carbons (Fsp3) is 0.0714. The molecule has 0 amide bonds. The smallest absolute Gasteiger partial charge is 0.335 e. The van der Waals surface area contributed by atoms with Gasteiger partial charge in [-0.15, -0.1) is 0 Å². The summed E-state index contributed by atoms with van der Waals surface area (Å²) < 4.78 is 24.8. The first kappa shape index (κ1) is 14.5. The molecule has 0 fully saturated rings. The molecule has 1 N–H and O–H groups in total. The van der Waals surface area contributed by atoms with Crippen LogP contribution in [0.3, 0.4) is 0 Å². The number of rotatable bonds is 1. The molecule has 0 saturated heterocycles. The number of hydrogen-bond donors (Lipinski definition) is 1. The molecule has 0 aliphatic carbocycles. The van der Waals surface area contributed by atoms with Crippen LogP contribution in [0.5, 0.6) is 0 Å². The van der Waals surface area contributed by atoms with Gasteiger partial charge in [-0.25, -0.2) is 23.3 Å². The molecule has 1 aromatic carbocycles. The average molecular weight is 300 g/mol. The second-order valence-electron chi connectivity index (χ2n) is 4.12. The predicted molar refractivity (Wildman–Crippen MR) is 73.5 cm³/mol. The van der Waals surface area contributed by atoms with Gasteiger partial charge in [0.05, 0.1) is 28.0 Å². The largest absolute Gasteiger partial charge is 0.478 e. The van der Waals surface area contributed by atoms with Crippen molar-refractivity contribution < 1.29 is 18.3 Å². The van der Waals surface area contributed by atoms with Crippen LogP contribution >= 0.6 is 0 Å². The lowest BCUT2D eigenvalue weighted by Crippen LogP contribution is -1.99. The minimum absolute atomic E-state index is 0.0342. The number of carboxylic acids is 1. The molecule has 0 aromatic heterocycles. The van der Waals surface area contributed by atoms with Gasteiger partial charge in [0.25, 0.3) is 5.70 Å². The standard InChI is InChI=1S/C14H8N2O4S/c1-3-11-13(10(7-15)16-2)9-6-8(14(17)18)4-5-12(9)21(11,19)20/h3-6H,1H3,(H,17,18)/b11-3?,13-10-. The first-order valence-electron chi connectivity index (χ1n) is 5.69. The van der Waals surface area contributed by atoms with Crippen molar-refractivity contribution in [3.05, 3.63) is 57.4 Å². The zero-order valence-corrected chi connectivity index (χ0v) is 11.6. The number of fused-ring (bicyclic) bond motifs is 1. The molecule has 0 radical (unpaired) electrons. The molecule has 0 unspecified atom stereocenters. The zero-order valence-electron chi connectivity index (χ0n) is 10.8. The first-order chi connectivity index (χ1) is 9.88. The minimum Gasteiger partial charge on any atom is -0.478 e. The Bertz CT molecular complexity index is 893. The number of nitriles is 1. The molecule has 6 nitrogen and oxygen atoms in total. The molecule has 104 valence electrons. The predicted octanol–water partition coefficient (Wildman–Crippen LogP) is 2.23. The third-order valence-electron chi connectivity index (χ3n) is 3.04. The lowest BCUT2D eigenvalue weighted by molar-refractivity contribution is 0.0696. The van der Waals surface area contributed by atoms with Crippen molar-refractivity contribution in [2.24, 2.45) is 0 Å². The fourth-order valence-corrected chi connectivity index (χ4v) is 3.88. The number of sulfone groups is 1.